The summed E-state index contributed by atoms with van der Waals surface area (Å²) < 4.78 is 0. The average Bonchev–Trinajstić information content (AvgIpc) is 2.47. The lowest BCUT2D eigenvalue weighted by molar-refractivity contribution is 0.188. The van der Waals surface area contributed by atoms with Crippen LogP contribution >= 0.6 is 0 Å². The van der Waals surface area contributed by atoms with Gasteiger partial charge in [0.05, 0.1) is 11.1 Å². The van der Waals surface area contributed by atoms with E-state index < -0.39 is 14.9 Å². The minimum atomic E-state index is -1.02. The molecule has 2 nitrogen and oxygen atoms in total. The van der Waals surface area contributed by atoms with Crippen molar-refractivity contribution in [3.05, 3.63) is 60.2 Å². The Balaban J connectivity index is 2.59. The minimum Gasteiger partial charge on any atom is -0.387 e. The number of benzene rings is 2. The Morgan fingerprint density at radius 1 is 1.00 bits per heavy atom. The molecule has 1 unspecified atom stereocenters. The first kappa shape index (κ1) is 16.0. The molecular weight excluding hydrogens is 274 g/mol. The Hall–Kier alpha value is -1.42. The van der Waals surface area contributed by atoms with Crippen molar-refractivity contribution in [2.24, 2.45) is 5.73 Å². The van der Waals surface area contributed by atoms with Crippen molar-refractivity contribution in [3.63, 3.8) is 0 Å². The van der Waals surface area contributed by atoms with Gasteiger partial charge in [-0.1, -0.05) is 36.4 Å². The van der Waals surface area contributed by atoms with Crippen molar-refractivity contribution in [1.29, 1.82) is 0 Å². The first-order chi connectivity index (χ1) is 9.95. The molecule has 0 fully saturated rings. The molecule has 0 aromatic heterocycles. The zero-order chi connectivity index (χ0) is 15.5. The number of rotatable bonds is 4. The molecule has 1 atom stereocenters. The lowest BCUT2D eigenvalue weighted by Crippen LogP contribution is -2.50. The fraction of sp³-hybridized carbons (Fsp3) is 0.333. The van der Waals surface area contributed by atoms with E-state index in [4.69, 9.17) is 5.73 Å². The largest absolute Gasteiger partial charge is 0.396 e. The van der Waals surface area contributed by atoms with E-state index in [2.05, 4.69) is 57.2 Å². The van der Waals surface area contributed by atoms with Gasteiger partial charge in [-0.15, -0.1) is 0 Å². The second-order valence-corrected chi connectivity index (χ2v) is 9.70. The monoisotopic (exact) mass is 298 g/mol. The summed E-state index contributed by atoms with van der Waals surface area (Å²) in [7, 11) is -1.02. The summed E-state index contributed by atoms with van der Waals surface area (Å²) in [6.07, 6.45) is -0.590. The third-order valence-corrected chi connectivity index (χ3v) is 7.03. The third-order valence-electron chi connectivity index (χ3n) is 3.62. The highest BCUT2D eigenvalue weighted by atomic mass is 28.3. The van der Waals surface area contributed by atoms with E-state index in [1.807, 2.05) is 18.2 Å². The number of hydrogen-bond acceptors (Lipinski definition) is 2. The minimum absolute atomic E-state index is 0.149. The van der Waals surface area contributed by atoms with Gasteiger partial charge in [0.15, 0.2) is 0 Å². The van der Waals surface area contributed by atoms with E-state index in [-0.39, 0.29) is 11.6 Å². The van der Waals surface area contributed by atoms with E-state index in [0.29, 0.717) is 0 Å². The van der Waals surface area contributed by atoms with Crippen molar-refractivity contribution in [1.82, 2.24) is 0 Å². The molecule has 3 heteroatoms. The zero-order valence-electron chi connectivity index (χ0n) is 13.0. The van der Waals surface area contributed by atoms with Crippen molar-refractivity contribution in [3.8, 4) is 0 Å². The molecule has 0 bridgehead atoms. The van der Waals surface area contributed by atoms with Crippen LogP contribution < -0.4 is 16.1 Å². The van der Waals surface area contributed by atoms with Gasteiger partial charge in [0, 0.05) is 12.1 Å². The van der Waals surface area contributed by atoms with E-state index >= 15 is 0 Å². The van der Waals surface area contributed by atoms with Crippen LogP contribution in [0.15, 0.2) is 54.6 Å². The van der Waals surface area contributed by atoms with Crippen LogP contribution in [-0.2, 0) is 0 Å². The molecule has 21 heavy (non-hydrogen) atoms. The van der Waals surface area contributed by atoms with Gasteiger partial charge in [0.2, 0.25) is 0 Å². The molecule has 0 amide bonds. The number of aliphatic hydroxyl groups is 1. The van der Waals surface area contributed by atoms with Gasteiger partial charge >= 0.3 is 8.80 Å². The van der Waals surface area contributed by atoms with Crippen molar-refractivity contribution in [2.75, 3.05) is 6.54 Å². The Kier molecular flexibility index (Phi) is 4.98. The molecule has 0 saturated heterocycles. The number of hydrogen-bond donors (Lipinski definition) is 2. The maximum atomic E-state index is 10.3. The second-order valence-electron chi connectivity index (χ2n) is 6.33. The average molecular weight is 298 g/mol. The molecule has 0 spiro atoms. The molecular formula is C18H24NOSi+. The molecule has 2 aromatic carbocycles. The molecule has 0 aliphatic heterocycles. The van der Waals surface area contributed by atoms with Crippen LogP contribution in [0, 0.1) is 0 Å². The van der Waals surface area contributed by atoms with Crippen LogP contribution in [0.3, 0.4) is 0 Å². The maximum Gasteiger partial charge on any atom is 0.396 e. The summed E-state index contributed by atoms with van der Waals surface area (Å²) in [6.45, 7) is 7.09. The Labute approximate surface area is 129 Å². The van der Waals surface area contributed by atoms with Gasteiger partial charge in [-0.3, -0.25) is 0 Å². The van der Waals surface area contributed by atoms with Crippen LogP contribution in [0.2, 0.25) is 5.04 Å². The zero-order valence-corrected chi connectivity index (χ0v) is 14.0. The van der Waals surface area contributed by atoms with E-state index in [0.717, 1.165) is 5.56 Å². The van der Waals surface area contributed by atoms with E-state index in [1.54, 1.807) is 0 Å². The van der Waals surface area contributed by atoms with Gasteiger partial charge in [-0.2, -0.15) is 0 Å². The highest BCUT2D eigenvalue weighted by Crippen LogP contribution is 2.28. The standard InChI is InChI=1S/C18H24NOSi/c1-18(2,3)21(14-9-5-4-6-10-14)17-12-8-7-11-15(17)16(20)13-19/h4-12,16,20H,13,19H2,1-3H3/q+1. The SMILES string of the molecule is CC(C)(C)[Si+](c1ccccc1)c1ccccc1C(O)CN. The van der Waals surface area contributed by atoms with Crippen molar-refractivity contribution >= 4 is 19.2 Å². The summed E-state index contributed by atoms with van der Waals surface area (Å²) in [5.74, 6) is 0. The summed E-state index contributed by atoms with van der Waals surface area (Å²) in [4.78, 5) is 0. The van der Waals surface area contributed by atoms with Gasteiger partial charge in [-0.05, 0) is 39.0 Å². The smallest absolute Gasteiger partial charge is 0.387 e. The van der Waals surface area contributed by atoms with Crippen LogP contribution in [0.5, 0.6) is 0 Å². The summed E-state index contributed by atoms with van der Waals surface area (Å²) in [5, 5.41) is 13.0. The van der Waals surface area contributed by atoms with Gasteiger partial charge < -0.3 is 10.8 Å². The third kappa shape index (κ3) is 3.62. The van der Waals surface area contributed by atoms with Gasteiger partial charge in [0.1, 0.15) is 10.4 Å². The molecule has 0 aliphatic carbocycles. The quantitative estimate of drug-likeness (QED) is 0.849. The highest BCUT2D eigenvalue weighted by molar-refractivity contribution is 6.87. The van der Waals surface area contributed by atoms with E-state index in [9.17, 15) is 5.11 Å². The Bertz CT molecular complexity index is 577. The van der Waals surface area contributed by atoms with Crippen molar-refractivity contribution in [2.45, 2.75) is 31.9 Å². The predicted molar refractivity (Wildman–Crippen MR) is 91.6 cm³/mol. The molecule has 0 aliphatic rings. The topological polar surface area (TPSA) is 46.2 Å². The number of aliphatic hydroxyl groups excluding tert-OH is 1. The van der Waals surface area contributed by atoms with Crippen LogP contribution in [0.25, 0.3) is 0 Å². The first-order valence-corrected chi connectivity index (χ1v) is 8.85. The molecule has 3 N–H and O–H groups in total. The Morgan fingerprint density at radius 3 is 2.14 bits per heavy atom. The van der Waals surface area contributed by atoms with Crippen LogP contribution in [0.4, 0.5) is 0 Å². The first-order valence-electron chi connectivity index (χ1n) is 7.35. The molecule has 110 valence electrons. The highest BCUT2D eigenvalue weighted by Gasteiger charge is 2.47. The molecule has 2 rings (SSSR count). The summed E-state index contributed by atoms with van der Waals surface area (Å²) >= 11 is 0. The lowest BCUT2D eigenvalue weighted by Gasteiger charge is -2.20. The normalized spacial score (nSPS) is 13.0. The molecule has 0 heterocycles. The molecule has 0 radical (unpaired) electrons. The summed E-state index contributed by atoms with van der Waals surface area (Å²) in [6, 6.07) is 18.8. The van der Waals surface area contributed by atoms with Crippen molar-refractivity contribution < 1.29 is 5.11 Å². The maximum absolute atomic E-state index is 10.3. The van der Waals surface area contributed by atoms with E-state index in [1.165, 1.54) is 10.4 Å². The fourth-order valence-corrected chi connectivity index (χ4v) is 6.05. The van der Waals surface area contributed by atoms with Crippen LogP contribution in [0.1, 0.15) is 32.4 Å². The fourth-order valence-electron chi connectivity index (χ4n) is 2.74. The summed E-state index contributed by atoms with van der Waals surface area (Å²) in [5.41, 5.74) is 6.66. The van der Waals surface area contributed by atoms with Gasteiger partial charge in [-0.25, -0.2) is 0 Å². The molecule has 0 saturated carbocycles. The predicted octanol–water partition coefficient (Wildman–Crippen LogP) is 2.09. The lowest BCUT2D eigenvalue weighted by atomic mass is 10.1. The number of nitrogens with two attached hydrogens (primary N) is 1. The van der Waals surface area contributed by atoms with Gasteiger partial charge in [0.25, 0.3) is 0 Å². The Morgan fingerprint density at radius 2 is 1.57 bits per heavy atom. The second kappa shape index (κ2) is 6.56. The van der Waals surface area contributed by atoms with Crippen LogP contribution in [-0.4, -0.2) is 20.4 Å². The molecule has 2 aromatic rings.